The van der Waals surface area contributed by atoms with E-state index in [-0.39, 0.29) is 10.9 Å². The largest absolute Gasteiger partial charge is 0.268 e. The third-order valence-corrected chi connectivity index (χ3v) is 6.60. The van der Waals surface area contributed by atoms with E-state index in [4.69, 9.17) is 0 Å². The lowest BCUT2D eigenvalue weighted by Crippen LogP contribution is -2.16. The summed E-state index contributed by atoms with van der Waals surface area (Å²) in [5.41, 5.74) is 0.854. The Hall–Kier alpha value is -2.75. The Morgan fingerprint density at radius 2 is 1.82 bits per heavy atom. The topological polar surface area (TPSA) is 108 Å². The molecule has 10 heteroatoms. The van der Waals surface area contributed by atoms with Crippen LogP contribution in [0.4, 0.5) is 5.82 Å². The van der Waals surface area contributed by atoms with Crippen LogP contribution in [-0.4, -0.2) is 37.9 Å². The molecule has 0 aromatic carbocycles. The van der Waals surface area contributed by atoms with E-state index in [2.05, 4.69) is 24.9 Å². The second-order valence-corrected chi connectivity index (χ2v) is 9.07. The quantitative estimate of drug-likeness (QED) is 0.683. The van der Waals surface area contributed by atoms with E-state index >= 15 is 0 Å². The summed E-state index contributed by atoms with van der Waals surface area (Å²) in [5, 5.41) is 8.81. The van der Waals surface area contributed by atoms with Gasteiger partial charge in [-0.2, -0.15) is 14.9 Å². The number of anilines is 1. The number of sulfonamides is 1. The minimum Gasteiger partial charge on any atom is -0.268 e. The lowest BCUT2D eigenvalue weighted by molar-refractivity contribution is 0.466. The van der Waals surface area contributed by atoms with Crippen molar-refractivity contribution in [1.82, 2.24) is 29.5 Å². The molecule has 0 unspecified atom stereocenters. The van der Waals surface area contributed by atoms with Gasteiger partial charge in [0, 0.05) is 30.6 Å². The van der Waals surface area contributed by atoms with Crippen LogP contribution in [0.5, 0.6) is 0 Å². The maximum atomic E-state index is 13.0. The van der Waals surface area contributed by atoms with E-state index in [0.717, 1.165) is 44.2 Å². The molecule has 28 heavy (non-hydrogen) atoms. The van der Waals surface area contributed by atoms with Crippen LogP contribution < -0.4 is 4.72 Å². The highest BCUT2D eigenvalue weighted by atomic mass is 32.2. The normalized spacial score (nSPS) is 17.9. The summed E-state index contributed by atoms with van der Waals surface area (Å²) in [6, 6.07) is 3.76. The van der Waals surface area contributed by atoms with Gasteiger partial charge in [-0.1, -0.05) is 12.8 Å². The Kier molecular flexibility index (Phi) is 4.15. The lowest BCUT2D eigenvalue weighted by Gasteiger charge is -2.09. The molecular formula is C18H21N7O2S. The predicted octanol–water partition coefficient (Wildman–Crippen LogP) is 2.65. The molecule has 5 rings (SSSR count). The second-order valence-electron chi connectivity index (χ2n) is 7.39. The van der Waals surface area contributed by atoms with Gasteiger partial charge in [0.2, 0.25) is 0 Å². The third kappa shape index (κ3) is 3.28. The standard InChI is InChI=1S/C18H21N7O2S/c26-28(27,15-11-21-24(12-15)14-4-1-2-5-14)23-17-10-16(13-6-7-13)22-25(17)18-19-8-3-9-20-18/h3,8-14,23H,1-2,4-7H2. The summed E-state index contributed by atoms with van der Waals surface area (Å²) in [6.45, 7) is 0. The number of rotatable bonds is 6. The molecule has 0 amide bonds. The van der Waals surface area contributed by atoms with Crippen LogP contribution in [0.25, 0.3) is 5.95 Å². The lowest BCUT2D eigenvalue weighted by atomic mass is 10.3. The van der Waals surface area contributed by atoms with Crippen molar-refractivity contribution in [2.75, 3.05) is 4.72 Å². The maximum absolute atomic E-state index is 13.0. The zero-order valence-corrected chi connectivity index (χ0v) is 16.1. The molecule has 2 saturated carbocycles. The fourth-order valence-corrected chi connectivity index (χ4v) is 4.60. The summed E-state index contributed by atoms with van der Waals surface area (Å²) < 4.78 is 31.8. The Morgan fingerprint density at radius 1 is 1.07 bits per heavy atom. The van der Waals surface area contributed by atoms with Gasteiger partial charge in [0.1, 0.15) is 10.7 Å². The molecule has 2 aliphatic rings. The Labute approximate surface area is 162 Å². The van der Waals surface area contributed by atoms with E-state index in [1.807, 2.05) is 0 Å². The first-order chi connectivity index (χ1) is 13.6. The van der Waals surface area contributed by atoms with Gasteiger partial charge in [0.25, 0.3) is 16.0 Å². The fraction of sp³-hybridized carbons (Fsp3) is 0.444. The van der Waals surface area contributed by atoms with E-state index < -0.39 is 10.0 Å². The molecule has 2 aliphatic carbocycles. The van der Waals surface area contributed by atoms with E-state index in [1.165, 1.54) is 10.9 Å². The maximum Gasteiger partial charge on any atom is 0.266 e. The van der Waals surface area contributed by atoms with Gasteiger partial charge in [0.05, 0.1) is 17.9 Å². The SMILES string of the molecule is O=S(=O)(Nc1cc(C2CC2)nn1-c1ncccn1)c1cnn(C2CCCC2)c1. The Balaban J connectivity index is 1.46. The Bertz CT molecular complexity index is 1080. The number of nitrogens with zero attached hydrogens (tertiary/aromatic N) is 6. The molecule has 0 aliphatic heterocycles. The monoisotopic (exact) mass is 399 g/mol. The third-order valence-electron chi connectivity index (χ3n) is 5.29. The van der Waals surface area contributed by atoms with Crippen LogP contribution in [0.3, 0.4) is 0 Å². The molecule has 146 valence electrons. The highest BCUT2D eigenvalue weighted by Crippen LogP contribution is 2.40. The van der Waals surface area contributed by atoms with Crippen LogP contribution in [0.2, 0.25) is 0 Å². The number of hydrogen-bond donors (Lipinski definition) is 1. The molecule has 2 fully saturated rings. The van der Waals surface area contributed by atoms with Crippen LogP contribution in [0.1, 0.15) is 56.2 Å². The van der Waals surface area contributed by atoms with Gasteiger partial charge in [-0.3, -0.25) is 9.40 Å². The highest BCUT2D eigenvalue weighted by Gasteiger charge is 2.29. The van der Waals surface area contributed by atoms with Crippen molar-refractivity contribution in [1.29, 1.82) is 0 Å². The molecule has 9 nitrogen and oxygen atoms in total. The minimum absolute atomic E-state index is 0.147. The molecule has 0 atom stereocenters. The molecule has 1 N–H and O–H groups in total. The molecule has 3 heterocycles. The predicted molar refractivity (Wildman–Crippen MR) is 102 cm³/mol. The molecule has 0 saturated heterocycles. The van der Waals surface area contributed by atoms with Gasteiger partial charge < -0.3 is 0 Å². The highest BCUT2D eigenvalue weighted by molar-refractivity contribution is 7.92. The minimum atomic E-state index is -3.79. The first-order valence-electron chi connectivity index (χ1n) is 9.54. The van der Waals surface area contributed by atoms with E-state index in [0.29, 0.717) is 17.7 Å². The van der Waals surface area contributed by atoms with Crippen molar-refractivity contribution >= 4 is 15.8 Å². The van der Waals surface area contributed by atoms with Gasteiger partial charge in [0.15, 0.2) is 0 Å². The average molecular weight is 399 g/mol. The molecule has 3 aromatic rings. The van der Waals surface area contributed by atoms with Crippen molar-refractivity contribution in [2.24, 2.45) is 0 Å². The average Bonchev–Trinajstić information content (AvgIpc) is 3.11. The zero-order valence-electron chi connectivity index (χ0n) is 15.3. The fourth-order valence-electron chi connectivity index (χ4n) is 3.63. The number of hydrogen-bond acceptors (Lipinski definition) is 6. The molecule has 3 aromatic heterocycles. The van der Waals surface area contributed by atoms with Gasteiger partial charge >= 0.3 is 0 Å². The molecule has 0 bridgehead atoms. The summed E-state index contributed by atoms with van der Waals surface area (Å²) in [5.74, 6) is 1.04. The zero-order chi connectivity index (χ0) is 19.1. The van der Waals surface area contributed by atoms with Gasteiger partial charge in [-0.25, -0.2) is 18.4 Å². The van der Waals surface area contributed by atoms with Crippen LogP contribution in [-0.2, 0) is 10.0 Å². The number of aromatic nitrogens is 6. The summed E-state index contributed by atoms with van der Waals surface area (Å²) in [7, 11) is -3.79. The summed E-state index contributed by atoms with van der Waals surface area (Å²) in [4.78, 5) is 8.55. The van der Waals surface area contributed by atoms with Crippen molar-refractivity contribution in [3.8, 4) is 5.95 Å². The molecule has 0 radical (unpaired) electrons. The van der Waals surface area contributed by atoms with Crippen molar-refractivity contribution in [3.63, 3.8) is 0 Å². The van der Waals surface area contributed by atoms with Crippen LogP contribution in [0.15, 0.2) is 41.8 Å². The number of nitrogens with one attached hydrogen (secondary N) is 1. The van der Waals surface area contributed by atoms with Gasteiger partial charge in [-0.15, -0.1) is 0 Å². The van der Waals surface area contributed by atoms with Crippen LogP contribution in [0, 0.1) is 0 Å². The van der Waals surface area contributed by atoms with Crippen molar-refractivity contribution < 1.29 is 8.42 Å². The smallest absolute Gasteiger partial charge is 0.266 e. The van der Waals surface area contributed by atoms with Gasteiger partial charge in [-0.05, 0) is 31.7 Å². The van der Waals surface area contributed by atoms with E-state index in [9.17, 15) is 8.42 Å². The van der Waals surface area contributed by atoms with Crippen molar-refractivity contribution in [3.05, 3.63) is 42.6 Å². The first kappa shape index (κ1) is 17.4. The van der Waals surface area contributed by atoms with E-state index in [1.54, 1.807) is 35.4 Å². The molecular weight excluding hydrogens is 378 g/mol. The Morgan fingerprint density at radius 3 is 2.54 bits per heavy atom. The van der Waals surface area contributed by atoms with Crippen molar-refractivity contribution in [2.45, 2.75) is 55.4 Å². The summed E-state index contributed by atoms with van der Waals surface area (Å²) >= 11 is 0. The summed E-state index contributed by atoms with van der Waals surface area (Å²) in [6.07, 6.45) is 12.7. The first-order valence-corrected chi connectivity index (χ1v) is 11.0. The molecule has 0 spiro atoms. The van der Waals surface area contributed by atoms with Crippen LogP contribution >= 0.6 is 0 Å². The second kappa shape index (κ2) is 6.69.